The third kappa shape index (κ3) is 4.75. The lowest BCUT2D eigenvalue weighted by atomic mass is 10.2. The second kappa shape index (κ2) is 7.03. The summed E-state index contributed by atoms with van der Waals surface area (Å²) in [5, 5.41) is 12.8. The Bertz CT molecular complexity index is 691. The Labute approximate surface area is 127 Å². The molecule has 112 valence electrons. The lowest BCUT2D eigenvalue weighted by molar-refractivity contribution is -0.400. The van der Waals surface area contributed by atoms with E-state index in [0.29, 0.717) is 17.0 Å². The number of nitrogens with one attached hydrogen (secondary N) is 1. The van der Waals surface area contributed by atoms with Crippen molar-refractivity contribution in [1.29, 1.82) is 0 Å². The van der Waals surface area contributed by atoms with Crippen LogP contribution in [-0.2, 0) is 0 Å². The lowest BCUT2D eigenvalue weighted by Gasteiger charge is -2.07. The SMILES string of the molecule is Cc1ccc(NC(=O)Oc2ccc(C=C[N+](=O)[O-])cc2)cc1. The first-order chi connectivity index (χ1) is 10.5. The number of nitrogens with zero attached hydrogens (tertiary/aromatic N) is 1. The molecule has 0 aliphatic heterocycles. The van der Waals surface area contributed by atoms with Crippen molar-refractivity contribution in [3.63, 3.8) is 0 Å². The van der Waals surface area contributed by atoms with Gasteiger partial charge in [0, 0.05) is 11.8 Å². The summed E-state index contributed by atoms with van der Waals surface area (Å²) in [6.45, 7) is 1.96. The van der Waals surface area contributed by atoms with Crippen LogP contribution in [0.4, 0.5) is 10.5 Å². The number of nitro groups is 1. The molecule has 0 bridgehead atoms. The van der Waals surface area contributed by atoms with E-state index in [1.165, 1.54) is 6.08 Å². The Morgan fingerprint density at radius 2 is 1.77 bits per heavy atom. The van der Waals surface area contributed by atoms with Crippen molar-refractivity contribution in [2.75, 3.05) is 5.32 Å². The van der Waals surface area contributed by atoms with Crippen molar-refractivity contribution in [3.8, 4) is 5.75 Å². The monoisotopic (exact) mass is 298 g/mol. The number of hydrogen-bond donors (Lipinski definition) is 1. The molecule has 0 aliphatic carbocycles. The van der Waals surface area contributed by atoms with Gasteiger partial charge < -0.3 is 4.74 Å². The largest absolute Gasteiger partial charge is 0.417 e. The van der Waals surface area contributed by atoms with E-state index in [2.05, 4.69) is 5.32 Å². The topological polar surface area (TPSA) is 81.5 Å². The number of aryl methyl sites for hydroxylation is 1. The van der Waals surface area contributed by atoms with Crippen LogP contribution < -0.4 is 10.1 Å². The summed E-state index contributed by atoms with van der Waals surface area (Å²) in [6.07, 6.45) is 1.60. The molecule has 1 N–H and O–H groups in total. The molecule has 6 heteroatoms. The summed E-state index contributed by atoms with van der Waals surface area (Å²) in [7, 11) is 0. The minimum atomic E-state index is -0.600. The van der Waals surface area contributed by atoms with Gasteiger partial charge in [0.15, 0.2) is 0 Å². The first-order valence-corrected chi connectivity index (χ1v) is 6.50. The predicted octanol–water partition coefficient (Wildman–Crippen LogP) is 3.85. The number of carbonyl (C=O) groups excluding carboxylic acids is 1. The van der Waals surface area contributed by atoms with E-state index in [-0.39, 0.29) is 0 Å². The highest BCUT2D eigenvalue weighted by molar-refractivity contribution is 5.86. The van der Waals surface area contributed by atoms with E-state index in [0.717, 1.165) is 11.8 Å². The van der Waals surface area contributed by atoms with Crippen molar-refractivity contribution in [2.45, 2.75) is 6.92 Å². The van der Waals surface area contributed by atoms with Crippen LogP contribution in [0.3, 0.4) is 0 Å². The summed E-state index contributed by atoms with van der Waals surface area (Å²) in [5.74, 6) is 0.350. The number of benzene rings is 2. The molecule has 0 unspecified atom stereocenters. The molecular weight excluding hydrogens is 284 g/mol. The molecule has 0 heterocycles. The third-order valence-electron chi connectivity index (χ3n) is 2.78. The standard InChI is InChI=1S/C16H14N2O4/c1-12-2-6-14(7-3-12)17-16(19)22-15-8-4-13(5-9-15)10-11-18(20)21/h2-11H,1H3,(H,17,19). The molecule has 0 aliphatic rings. The normalized spacial score (nSPS) is 10.4. The van der Waals surface area contributed by atoms with E-state index in [4.69, 9.17) is 4.74 Å². The van der Waals surface area contributed by atoms with Gasteiger partial charge in [-0.1, -0.05) is 29.8 Å². The van der Waals surface area contributed by atoms with Crippen LogP contribution in [0.1, 0.15) is 11.1 Å². The van der Waals surface area contributed by atoms with Crippen molar-refractivity contribution >= 4 is 17.9 Å². The van der Waals surface area contributed by atoms with Crippen molar-refractivity contribution in [2.24, 2.45) is 0 Å². The number of carbonyl (C=O) groups is 1. The molecule has 0 radical (unpaired) electrons. The van der Waals surface area contributed by atoms with Gasteiger partial charge in [0.2, 0.25) is 6.20 Å². The molecule has 0 fully saturated rings. The first kappa shape index (κ1) is 15.2. The van der Waals surface area contributed by atoms with Crippen molar-refractivity contribution in [3.05, 3.63) is 76.0 Å². The first-order valence-electron chi connectivity index (χ1n) is 6.50. The maximum Gasteiger partial charge on any atom is 0.417 e. The van der Waals surface area contributed by atoms with Gasteiger partial charge >= 0.3 is 6.09 Å². The number of hydrogen-bond acceptors (Lipinski definition) is 4. The summed E-state index contributed by atoms with van der Waals surface area (Å²) < 4.78 is 5.12. The van der Waals surface area contributed by atoms with Gasteiger partial charge in [-0.2, -0.15) is 0 Å². The average Bonchev–Trinajstić information content (AvgIpc) is 2.49. The molecular formula is C16H14N2O4. The van der Waals surface area contributed by atoms with E-state index < -0.39 is 11.0 Å². The minimum absolute atomic E-state index is 0.350. The molecule has 1 amide bonds. The van der Waals surface area contributed by atoms with E-state index in [1.807, 2.05) is 19.1 Å². The summed E-state index contributed by atoms with van der Waals surface area (Å²) in [5.41, 5.74) is 2.38. The second-order valence-corrected chi connectivity index (χ2v) is 4.55. The Kier molecular flexibility index (Phi) is 4.87. The van der Waals surface area contributed by atoms with Crippen LogP contribution in [0, 0.1) is 17.0 Å². The highest BCUT2D eigenvalue weighted by Crippen LogP contribution is 2.15. The Morgan fingerprint density at radius 1 is 1.14 bits per heavy atom. The summed E-state index contributed by atoms with van der Waals surface area (Å²) >= 11 is 0. The fourth-order valence-corrected chi connectivity index (χ4v) is 1.68. The quantitative estimate of drug-likeness (QED) is 0.686. The minimum Gasteiger partial charge on any atom is -0.410 e. The molecule has 22 heavy (non-hydrogen) atoms. The highest BCUT2D eigenvalue weighted by atomic mass is 16.6. The zero-order valence-corrected chi connectivity index (χ0v) is 11.9. The maximum absolute atomic E-state index is 11.7. The van der Waals surface area contributed by atoms with Crippen LogP contribution >= 0.6 is 0 Å². The second-order valence-electron chi connectivity index (χ2n) is 4.55. The van der Waals surface area contributed by atoms with E-state index in [9.17, 15) is 14.9 Å². The molecule has 0 aromatic heterocycles. The molecule has 0 atom stereocenters. The Morgan fingerprint density at radius 3 is 2.36 bits per heavy atom. The predicted molar refractivity (Wildman–Crippen MR) is 83.3 cm³/mol. The van der Waals surface area contributed by atoms with Crippen LogP contribution in [0.25, 0.3) is 6.08 Å². The number of rotatable bonds is 4. The van der Waals surface area contributed by atoms with Gasteiger partial charge in [-0.05, 0) is 36.8 Å². The molecule has 2 rings (SSSR count). The van der Waals surface area contributed by atoms with Gasteiger partial charge in [-0.3, -0.25) is 15.4 Å². The van der Waals surface area contributed by atoms with Gasteiger partial charge in [0.1, 0.15) is 5.75 Å². The Hall–Kier alpha value is -3.15. The summed E-state index contributed by atoms with van der Waals surface area (Å²) in [6, 6.07) is 13.7. The fraction of sp³-hybridized carbons (Fsp3) is 0.0625. The average molecular weight is 298 g/mol. The Balaban J connectivity index is 1.94. The van der Waals surface area contributed by atoms with Crippen LogP contribution in [-0.4, -0.2) is 11.0 Å². The zero-order chi connectivity index (χ0) is 15.9. The maximum atomic E-state index is 11.7. The molecule has 6 nitrogen and oxygen atoms in total. The highest BCUT2D eigenvalue weighted by Gasteiger charge is 2.05. The summed E-state index contributed by atoms with van der Waals surface area (Å²) in [4.78, 5) is 21.4. The van der Waals surface area contributed by atoms with Crippen molar-refractivity contribution < 1.29 is 14.5 Å². The number of amides is 1. The molecule has 0 spiro atoms. The zero-order valence-electron chi connectivity index (χ0n) is 11.9. The van der Waals surface area contributed by atoms with Gasteiger partial charge in [-0.25, -0.2) is 4.79 Å². The van der Waals surface area contributed by atoms with Gasteiger partial charge in [0.05, 0.1) is 4.92 Å². The van der Waals surface area contributed by atoms with E-state index >= 15 is 0 Å². The molecule has 0 saturated heterocycles. The van der Waals surface area contributed by atoms with Crippen LogP contribution in [0.5, 0.6) is 5.75 Å². The van der Waals surface area contributed by atoms with Crippen LogP contribution in [0.15, 0.2) is 54.7 Å². The van der Waals surface area contributed by atoms with Crippen LogP contribution in [0.2, 0.25) is 0 Å². The number of anilines is 1. The molecule has 2 aromatic carbocycles. The van der Waals surface area contributed by atoms with Gasteiger partial charge in [0.25, 0.3) is 0 Å². The lowest BCUT2D eigenvalue weighted by Crippen LogP contribution is -2.16. The fourth-order valence-electron chi connectivity index (χ4n) is 1.68. The smallest absolute Gasteiger partial charge is 0.410 e. The third-order valence-corrected chi connectivity index (χ3v) is 2.78. The molecule has 2 aromatic rings. The van der Waals surface area contributed by atoms with E-state index in [1.54, 1.807) is 36.4 Å². The van der Waals surface area contributed by atoms with Gasteiger partial charge in [-0.15, -0.1) is 0 Å². The van der Waals surface area contributed by atoms with Crippen molar-refractivity contribution in [1.82, 2.24) is 0 Å². The molecule has 0 saturated carbocycles. The number of ether oxygens (including phenoxy) is 1.